The van der Waals surface area contributed by atoms with Crippen LogP contribution < -0.4 is 0 Å². The molecule has 0 saturated heterocycles. The Morgan fingerprint density at radius 3 is 2.02 bits per heavy atom. The van der Waals surface area contributed by atoms with Gasteiger partial charge in [-0.2, -0.15) is 0 Å². The number of hydrogen-bond acceptors (Lipinski definition) is 3. The normalized spacial score (nSPS) is 11.8. The van der Waals surface area contributed by atoms with E-state index in [1.165, 1.54) is 52.8 Å². The summed E-state index contributed by atoms with van der Waals surface area (Å²) in [5.41, 5.74) is 6.57. The number of fused-ring (bicyclic) bond motifs is 10. The Morgan fingerprint density at radius 1 is 0.558 bits per heavy atom. The average Bonchev–Trinajstić information content (AvgIpc) is 3.62. The quantitative estimate of drug-likeness (QED) is 0.213. The number of nitrogens with zero attached hydrogens (tertiary/aromatic N) is 3. The van der Waals surface area contributed by atoms with Crippen LogP contribution in [0.15, 0.2) is 133 Å². The van der Waals surface area contributed by atoms with Gasteiger partial charge in [0.15, 0.2) is 5.82 Å². The topological polar surface area (TPSA) is 30.7 Å². The summed E-state index contributed by atoms with van der Waals surface area (Å²) in [6.45, 7) is 2.18. The Hall–Kier alpha value is -5.32. The zero-order chi connectivity index (χ0) is 28.5. The van der Waals surface area contributed by atoms with Crippen LogP contribution in [-0.4, -0.2) is 14.5 Å². The van der Waals surface area contributed by atoms with Crippen LogP contribution >= 0.6 is 11.3 Å². The second-order valence-electron chi connectivity index (χ2n) is 11.1. The molecule has 9 aromatic rings. The van der Waals surface area contributed by atoms with Crippen LogP contribution in [0.25, 0.3) is 81.2 Å². The highest BCUT2D eigenvalue weighted by Gasteiger charge is 2.23. The molecule has 0 aliphatic rings. The van der Waals surface area contributed by atoms with Crippen LogP contribution in [0.3, 0.4) is 0 Å². The standard InChI is InChI=1S/C39H25N3S/c1-24-20-21-33-30(22-24)35-27-16-8-9-17-28(27)37-36(38(35)43-33)29-18-10-11-19-32(29)42(37)34-23-31(25-12-4-2-5-13-25)40-39(41-34)26-14-6-3-7-15-26/h2-23H,1H3. The predicted molar refractivity (Wildman–Crippen MR) is 182 cm³/mol. The van der Waals surface area contributed by atoms with Gasteiger partial charge in [0.2, 0.25) is 0 Å². The molecule has 6 aromatic carbocycles. The Labute approximate surface area is 252 Å². The molecule has 3 heterocycles. The van der Waals surface area contributed by atoms with E-state index in [0.717, 1.165) is 28.2 Å². The summed E-state index contributed by atoms with van der Waals surface area (Å²) in [5, 5.41) is 7.68. The molecule has 0 radical (unpaired) electrons. The van der Waals surface area contributed by atoms with E-state index in [4.69, 9.17) is 9.97 Å². The number of aromatic nitrogens is 3. The van der Waals surface area contributed by atoms with Crippen molar-refractivity contribution in [3.05, 3.63) is 139 Å². The zero-order valence-corrected chi connectivity index (χ0v) is 24.3. The summed E-state index contributed by atoms with van der Waals surface area (Å²) in [5.74, 6) is 1.57. The molecule has 0 aliphatic carbocycles. The molecule has 0 N–H and O–H groups in total. The van der Waals surface area contributed by atoms with Crippen LogP contribution in [0, 0.1) is 6.92 Å². The first kappa shape index (κ1) is 24.3. The monoisotopic (exact) mass is 567 g/mol. The van der Waals surface area contributed by atoms with Crippen LogP contribution in [-0.2, 0) is 0 Å². The second kappa shape index (κ2) is 9.35. The number of benzene rings is 6. The molecule has 4 heteroatoms. The molecule has 3 nitrogen and oxygen atoms in total. The number of rotatable bonds is 3. The molecule has 43 heavy (non-hydrogen) atoms. The number of thiophene rings is 1. The highest BCUT2D eigenvalue weighted by Crippen LogP contribution is 2.48. The molecule has 0 saturated carbocycles. The zero-order valence-electron chi connectivity index (χ0n) is 23.5. The van der Waals surface area contributed by atoms with Gasteiger partial charge >= 0.3 is 0 Å². The molecular formula is C39H25N3S. The van der Waals surface area contributed by atoms with Gasteiger partial charge in [-0.1, -0.05) is 115 Å². The van der Waals surface area contributed by atoms with Gasteiger partial charge in [-0.15, -0.1) is 11.3 Å². The van der Waals surface area contributed by atoms with Crippen LogP contribution in [0.1, 0.15) is 5.56 Å². The average molecular weight is 568 g/mol. The lowest BCUT2D eigenvalue weighted by atomic mass is 9.99. The Balaban J connectivity index is 1.49. The van der Waals surface area contributed by atoms with Crippen molar-refractivity contribution in [2.45, 2.75) is 6.92 Å². The van der Waals surface area contributed by atoms with Crippen molar-refractivity contribution in [1.29, 1.82) is 0 Å². The highest BCUT2D eigenvalue weighted by atomic mass is 32.1. The van der Waals surface area contributed by atoms with Crippen molar-refractivity contribution in [1.82, 2.24) is 14.5 Å². The minimum atomic E-state index is 0.714. The van der Waals surface area contributed by atoms with Crippen molar-refractivity contribution < 1.29 is 0 Å². The van der Waals surface area contributed by atoms with Gasteiger partial charge in [0.05, 0.1) is 16.7 Å². The van der Waals surface area contributed by atoms with Gasteiger partial charge in [-0.05, 0) is 30.5 Å². The summed E-state index contributed by atoms with van der Waals surface area (Å²) in [6, 6.07) is 47.3. The lowest BCUT2D eigenvalue weighted by Crippen LogP contribution is -2.02. The van der Waals surface area contributed by atoms with E-state index in [1.54, 1.807) is 0 Å². The van der Waals surface area contributed by atoms with Gasteiger partial charge < -0.3 is 0 Å². The van der Waals surface area contributed by atoms with Crippen LogP contribution in [0.4, 0.5) is 0 Å². The van der Waals surface area contributed by atoms with Gasteiger partial charge in [0.25, 0.3) is 0 Å². The van der Waals surface area contributed by atoms with E-state index < -0.39 is 0 Å². The Kier molecular flexibility index (Phi) is 5.28. The molecule has 3 aromatic heterocycles. The summed E-state index contributed by atoms with van der Waals surface area (Å²) in [7, 11) is 0. The van der Waals surface area contributed by atoms with Crippen LogP contribution in [0.2, 0.25) is 0 Å². The third-order valence-electron chi connectivity index (χ3n) is 8.44. The molecule has 0 amide bonds. The third-order valence-corrected chi connectivity index (χ3v) is 9.63. The number of hydrogen-bond donors (Lipinski definition) is 0. The lowest BCUT2D eigenvalue weighted by Gasteiger charge is -2.13. The fourth-order valence-corrected chi connectivity index (χ4v) is 7.81. The summed E-state index contributed by atoms with van der Waals surface area (Å²) >= 11 is 1.89. The van der Waals surface area contributed by atoms with Crippen molar-refractivity contribution in [2.75, 3.05) is 0 Å². The van der Waals surface area contributed by atoms with Gasteiger partial charge in [-0.25, -0.2) is 9.97 Å². The minimum Gasteiger partial charge on any atom is -0.293 e. The largest absolute Gasteiger partial charge is 0.293 e. The molecule has 9 rings (SSSR count). The fourth-order valence-electron chi connectivity index (χ4n) is 6.55. The van der Waals surface area contributed by atoms with Gasteiger partial charge in [-0.3, -0.25) is 4.57 Å². The molecular weight excluding hydrogens is 543 g/mol. The Morgan fingerprint density at radius 2 is 1.23 bits per heavy atom. The molecule has 0 fully saturated rings. The summed E-state index contributed by atoms with van der Waals surface area (Å²) in [4.78, 5) is 10.3. The van der Waals surface area contributed by atoms with E-state index in [-0.39, 0.29) is 0 Å². The molecule has 0 spiro atoms. The molecule has 202 valence electrons. The van der Waals surface area contributed by atoms with E-state index in [1.807, 2.05) is 35.6 Å². The van der Waals surface area contributed by atoms with E-state index in [9.17, 15) is 0 Å². The fraction of sp³-hybridized carbons (Fsp3) is 0.0256. The van der Waals surface area contributed by atoms with Crippen molar-refractivity contribution >= 4 is 64.1 Å². The maximum absolute atomic E-state index is 5.27. The summed E-state index contributed by atoms with van der Waals surface area (Å²) in [6.07, 6.45) is 0. The SMILES string of the molecule is Cc1ccc2sc3c(c2c1)c1ccccc1c1c3c2ccccc2n1-c1cc(-c2ccccc2)nc(-c2ccccc2)n1. The first-order valence-corrected chi connectivity index (χ1v) is 15.3. The van der Waals surface area contributed by atoms with E-state index in [2.05, 4.69) is 121 Å². The molecule has 0 unspecified atom stereocenters. The van der Waals surface area contributed by atoms with Crippen molar-refractivity contribution in [2.24, 2.45) is 0 Å². The number of aryl methyl sites for hydroxylation is 1. The van der Waals surface area contributed by atoms with Gasteiger partial charge in [0, 0.05) is 53.5 Å². The molecule has 0 bridgehead atoms. The molecule has 0 atom stereocenters. The lowest BCUT2D eigenvalue weighted by molar-refractivity contribution is 1.05. The van der Waals surface area contributed by atoms with E-state index >= 15 is 0 Å². The van der Waals surface area contributed by atoms with Crippen molar-refractivity contribution in [3.63, 3.8) is 0 Å². The first-order valence-electron chi connectivity index (χ1n) is 14.5. The smallest absolute Gasteiger partial charge is 0.162 e. The maximum Gasteiger partial charge on any atom is 0.162 e. The van der Waals surface area contributed by atoms with Crippen LogP contribution in [0.5, 0.6) is 0 Å². The second-order valence-corrected chi connectivity index (χ2v) is 12.1. The maximum atomic E-state index is 5.27. The van der Waals surface area contributed by atoms with E-state index in [0.29, 0.717) is 5.82 Å². The Bertz CT molecular complexity index is 2450. The third kappa shape index (κ3) is 3.67. The van der Waals surface area contributed by atoms with Gasteiger partial charge in [0.1, 0.15) is 5.82 Å². The van der Waals surface area contributed by atoms with Crippen molar-refractivity contribution in [3.8, 4) is 28.5 Å². The first-order chi connectivity index (χ1) is 21.2. The number of para-hydroxylation sites is 1. The molecule has 0 aliphatic heterocycles. The minimum absolute atomic E-state index is 0.714. The summed E-state index contributed by atoms with van der Waals surface area (Å²) < 4.78 is 5.00. The highest BCUT2D eigenvalue weighted by molar-refractivity contribution is 7.27. The predicted octanol–water partition coefficient (Wildman–Crippen LogP) is 10.7.